The summed E-state index contributed by atoms with van der Waals surface area (Å²) in [4.78, 5) is 32.4. The van der Waals surface area contributed by atoms with E-state index in [2.05, 4.69) is 11.9 Å². The van der Waals surface area contributed by atoms with Crippen LogP contribution in [0.1, 0.15) is 43.0 Å². The third-order valence-electron chi connectivity index (χ3n) is 4.93. The lowest BCUT2D eigenvalue weighted by Gasteiger charge is -2.15. The van der Waals surface area contributed by atoms with Crippen LogP contribution < -0.4 is 10.9 Å². The van der Waals surface area contributed by atoms with Gasteiger partial charge < -0.3 is 5.32 Å². The largest absolute Gasteiger partial charge is 0.352 e. The lowest BCUT2D eigenvalue weighted by atomic mass is 9.97. The number of allylic oxidation sites excluding steroid dienone is 1. The minimum Gasteiger partial charge on any atom is -0.352 e. The van der Waals surface area contributed by atoms with Gasteiger partial charge in [-0.1, -0.05) is 17.8 Å². The normalized spacial score (nSPS) is 17.7. The van der Waals surface area contributed by atoms with E-state index in [-0.39, 0.29) is 16.7 Å². The van der Waals surface area contributed by atoms with E-state index in [1.807, 2.05) is 6.92 Å². The second kappa shape index (κ2) is 7.19. The van der Waals surface area contributed by atoms with E-state index < -0.39 is 0 Å². The van der Waals surface area contributed by atoms with Gasteiger partial charge in [0.2, 0.25) is 5.91 Å². The summed E-state index contributed by atoms with van der Waals surface area (Å²) in [6.45, 7) is 6.06. The van der Waals surface area contributed by atoms with Crippen LogP contribution >= 0.6 is 23.1 Å². The molecule has 7 heteroatoms. The standard InChI is InChI=1S/C19H23N3O2S2/c1-3-10-22-18(24)15-13-6-4-5-7-14(13)26-17(15)21-19(22)25-11(2)16(23)20-12-8-9-12/h3,11-12H,1,4-10H2,2H3,(H,20,23). The number of thiophene rings is 1. The van der Waals surface area contributed by atoms with Crippen LogP contribution in [-0.4, -0.2) is 26.8 Å². The van der Waals surface area contributed by atoms with Gasteiger partial charge in [-0.05, 0) is 51.0 Å². The van der Waals surface area contributed by atoms with Crippen LogP contribution in [0.5, 0.6) is 0 Å². The van der Waals surface area contributed by atoms with E-state index in [1.54, 1.807) is 22.0 Å². The Labute approximate surface area is 160 Å². The van der Waals surface area contributed by atoms with Crippen molar-refractivity contribution in [2.75, 3.05) is 0 Å². The summed E-state index contributed by atoms with van der Waals surface area (Å²) in [6.07, 6.45) is 8.17. The van der Waals surface area contributed by atoms with E-state index in [1.165, 1.54) is 28.6 Å². The Morgan fingerprint density at radius 2 is 2.23 bits per heavy atom. The van der Waals surface area contributed by atoms with Crippen molar-refractivity contribution in [2.45, 2.75) is 68.4 Å². The van der Waals surface area contributed by atoms with Crippen LogP contribution in [0.4, 0.5) is 0 Å². The van der Waals surface area contributed by atoms with E-state index in [0.29, 0.717) is 17.7 Å². The summed E-state index contributed by atoms with van der Waals surface area (Å²) in [5.41, 5.74) is 1.20. The topological polar surface area (TPSA) is 64.0 Å². The molecule has 2 aromatic heterocycles. The van der Waals surface area contributed by atoms with Gasteiger partial charge in [-0.2, -0.15) is 0 Å². The fraction of sp³-hybridized carbons (Fsp3) is 0.526. The molecule has 0 aromatic carbocycles. The van der Waals surface area contributed by atoms with Crippen molar-refractivity contribution >= 4 is 39.2 Å². The highest BCUT2D eigenvalue weighted by Gasteiger charge is 2.28. The van der Waals surface area contributed by atoms with Crippen LogP contribution in [0.3, 0.4) is 0 Å². The highest BCUT2D eigenvalue weighted by Crippen LogP contribution is 2.35. The number of carbonyl (C=O) groups is 1. The van der Waals surface area contributed by atoms with Gasteiger partial charge in [0.05, 0.1) is 10.6 Å². The maximum absolute atomic E-state index is 13.2. The van der Waals surface area contributed by atoms with Crippen molar-refractivity contribution < 1.29 is 4.79 Å². The van der Waals surface area contributed by atoms with Gasteiger partial charge in [0.15, 0.2) is 5.16 Å². The zero-order valence-corrected chi connectivity index (χ0v) is 16.5. The molecule has 0 saturated heterocycles. The SMILES string of the molecule is C=CCn1c(SC(C)C(=O)NC2CC2)nc2sc3c(c2c1=O)CCCC3. The van der Waals surface area contributed by atoms with Crippen LogP contribution in [0.2, 0.25) is 0 Å². The number of nitrogens with zero attached hydrogens (tertiary/aromatic N) is 2. The molecule has 26 heavy (non-hydrogen) atoms. The molecular weight excluding hydrogens is 366 g/mol. The Morgan fingerprint density at radius 1 is 1.46 bits per heavy atom. The summed E-state index contributed by atoms with van der Waals surface area (Å²) in [5, 5.41) is 4.13. The zero-order valence-electron chi connectivity index (χ0n) is 14.9. The first-order valence-corrected chi connectivity index (χ1v) is 10.9. The van der Waals surface area contributed by atoms with Crippen LogP contribution in [0.25, 0.3) is 10.2 Å². The Balaban J connectivity index is 1.72. The summed E-state index contributed by atoms with van der Waals surface area (Å²) < 4.78 is 1.67. The van der Waals surface area contributed by atoms with Crippen molar-refractivity contribution in [3.63, 3.8) is 0 Å². The van der Waals surface area contributed by atoms with Gasteiger partial charge in [-0.3, -0.25) is 14.2 Å². The number of hydrogen-bond donors (Lipinski definition) is 1. The molecule has 0 aliphatic heterocycles. The molecular formula is C19H23N3O2S2. The molecule has 0 spiro atoms. The second-order valence-corrected chi connectivity index (χ2v) is 9.42. The third kappa shape index (κ3) is 3.34. The van der Waals surface area contributed by atoms with Gasteiger partial charge in [0.25, 0.3) is 5.56 Å². The summed E-state index contributed by atoms with van der Waals surface area (Å²) in [7, 11) is 0. The third-order valence-corrected chi connectivity index (χ3v) is 7.20. The molecule has 1 N–H and O–H groups in total. The number of nitrogens with one attached hydrogen (secondary N) is 1. The Morgan fingerprint density at radius 3 is 2.96 bits per heavy atom. The monoisotopic (exact) mass is 389 g/mol. The van der Waals surface area contributed by atoms with Crippen LogP contribution in [0, 0.1) is 0 Å². The quantitative estimate of drug-likeness (QED) is 0.468. The lowest BCUT2D eigenvalue weighted by Crippen LogP contribution is -2.33. The molecule has 2 heterocycles. The average molecular weight is 390 g/mol. The number of rotatable bonds is 6. The number of carbonyl (C=O) groups excluding carboxylic acids is 1. The molecule has 4 rings (SSSR count). The highest BCUT2D eigenvalue weighted by atomic mass is 32.2. The van der Waals surface area contributed by atoms with Crippen molar-refractivity contribution in [3.05, 3.63) is 33.4 Å². The molecule has 1 fully saturated rings. The first-order valence-electron chi connectivity index (χ1n) is 9.21. The number of aromatic nitrogens is 2. The Kier molecular flexibility index (Phi) is 4.92. The smallest absolute Gasteiger partial charge is 0.263 e. The van der Waals surface area contributed by atoms with E-state index in [4.69, 9.17) is 4.98 Å². The summed E-state index contributed by atoms with van der Waals surface area (Å²) in [5.74, 6) is 0.0162. The lowest BCUT2D eigenvalue weighted by molar-refractivity contribution is -0.120. The molecule has 1 atom stereocenters. The van der Waals surface area contributed by atoms with Crippen molar-refractivity contribution in [2.24, 2.45) is 0 Å². The van der Waals surface area contributed by atoms with Gasteiger partial charge in [0.1, 0.15) is 4.83 Å². The Hall–Kier alpha value is -1.60. The zero-order chi connectivity index (χ0) is 18.3. The van der Waals surface area contributed by atoms with Crippen LogP contribution in [-0.2, 0) is 24.2 Å². The maximum Gasteiger partial charge on any atom is 0.263 e. The van der Waals surface area contributed by atoms with E-state index in [9.17, 15) is 9.59 Å². The maximum atomic E-state index is 13.2. The molecule has 0 bridgehead atoms. The molecule has 0 radical (unpaired) electrons. The second-order valence-electron chi connectivity index (χ2n) is 7.03. The summed E-state index contributed by atoms with van der Waals surface area (Å²) >= 11 is 3.01. The molecule has 2 aliphatic carbocycles. The van der Waals surface area contributed by atoms with Gasteiger partial charge >= 0.3 is 0 Å². The molecule has 5 nitrogen and oxygen atoms in total. The summed E-state index contributed by atoms with van der Waals surface area (Å²) in [6, 6.07) is 0.334. The van der Waals surface area contributed by atoms with Gasteiger partial charge in [0, 0.05) is 17.5 Å². The number of hydrogen-bond acceptors (Lipinski definition) is 5. The van der Waals surface area contributed by atoms with Crippen molar-refractivity contribution in [1.82, 2.24) is 14.9 Å². The van der Waals surface area contributed by atoms with Crippen molar-refractivity contribution in [1.29, 1.82) is 0 Å². The Bertz CT molecular complexity index is 927. The number of amides is 1. The number of thioether (sulfide) groups is 1. The van der Waals surface area contributed by atoms with Gasteiger partial charge in [-0.25, -0.2) is 4.98 Å². The molecule has 1 saturated carbocycles. The molecule has 1 unspecified atom stereocenters. The molecule has 138 valence electrons. The molecule has 1 amide bonds. The minimum absolute atomic E-state index is 0.00611. The predicted octanol–water partition coefficient (Wildman–Crippen LogP) is 3.28. The average Bonchev–Trinajstić information content (AvgIpc) is 3.35. The number of aryl methyl sites for hydroxylation is 2. The minimum atomic E-state index is -0.286. The van der Waals surface area contributed by atoms with E-state index in [0.717, 1.165) is 42.3 Å². The van der Waals surface area contributed by atoms with Crippen molar-refractivity contribution in [3.8, 4) is 0 Å². The molecule has 2 aromatic rings. The first-order chi connectivity index (χ1) is 12.6. The van der Waals surface area contributed by atoms with Crippen LogP contribution in [0.15, 0.2) is 22.6 Å². The molecule has 2 aliphatic rings. The fourth-order valence-electron chi connectivity index (χ4n) is 3.36. The number of fused-ring (bicyclic) bond motifs is 3. The van der Waals surface area contributed by atoms with Gasteiger partial charge in [-0.15, -0.1) is 17.9 Å². The van der Waals surface area contributed by atoms with E-state index >= 15 is 0 Å². The predicted molar refractivity (Wildman–Crippen MR) is 107 cm³/mol. The fourth-order valence-corrected chi connectivity index (χ4v) is 5.59. The first kappa shape index (κ1) is 17.8. The highest BCUT2D eigenvalue weighted by molar-refractivity contribution is 8.00.